The van der Waals surface area contributed by atoms with E-state index in [1.54, 1.807) is 36.5 Å². The topological polar surface area (TPSA) is 78.6 Å². The van der Waals surface area contributed by atoms with Crippen molar-refractivity contribution in [2.45, 2.75) is 12.1 Å². The standard InChI is InChI=1S/C25H18BrN3O3S/c26-15-8-10-16(11-9-15)29-23(22(28-25(29)33)19-7-3-4-14-27-19)21-13-12-20(32-21)17-5-1-2-6-18(17)24(30)31/h1-14,22-23H,(H,28,33)(H,30,31)/t22-,23+/m0/s1. The fourth-order valence-corrected chi connectivity index (χ4v) is 4.67. The maximum atomic E-state index is 11.7. The number of hydrogen-bond donors (Lipinski definition) is 2. The molecule has 0 unspecified atom stereocenters. The predicted molar refractivity (Wildman–Crippen MR) is 133 cm³/mol. The third kappa shape index (κ3) is 4.03. The summed E-state index contributed by atoms with van der Waals surface area (Å²) in [5.41, 5.74) is 2.44. The smallest absolute Gasteiger partial charge is 0.336 e. The van der Waals surface area contributed by atoms with Crippen LogP contribution in [0.3, 0.4) is 0 Å². The lowest BCUT2D eigenvalue weighted by Gasteiger charge is -2.26. The molecule has 1 aliphatic rings. The predicted octanol–water partition coefficient (Wildman–Crippen LogP) is 5.98. The minimum atomic E-state index is -1.00. The first-order valence-corrected chi connectivity index (χ1v) is 11.4. The van der Waals surface area contributed by atoms with Crippen LogP contribution in [0.4, 0.5) is 5.69 Å². The highest BCUT2D eigenvalue weighted by atomic mass is 79.9. The molecular weight excluding hydrogens is 502 g/mol. The average Bonchev–Trinajstić information content (AvgIpc) is 3.45. The molecule has 1 aliphatic heterocycles. The Hall–Kier alpha value is -3.49. The van der Waals surface area contributed by atoms with Gasteiger partial charge in [-0.1, -0.05) is 40.2 Å². The van der Waals surface area contributed by atoms with Gasteiger partial charge in [0, 0.05) is 21.9 Å². The Kier molecular flexibility index (Phi) is 5.70. The molecule has 0 spiro atoms. The largest absolute Gasteiger partial charge is 0.478 e. The van der Waals surface area contributed by atoms with Crippen molar-refractivity contribution < 1.29 is 14.3 Å². The summed E-state index contributed by atoms with van der Waals surface area (Å²) in [6.45, 7) is 0. The van der Waals surface area contributed by atoms with Crippen LogP contribution in [0.1, 0.15) is 33.9 Å². The number of rotatable bonds is 5. The fraction of sp³-hybridized carbons (Fsp3) is 0.0800. The molecule has 6 nitrogen and oxygen atoms in total. The van der Waals surface area contributed by atoms with Crippen molar-refractivity contribution >= 4 is 44.9 Å². The number of halogens is 1. The van der Waals surface area contributed by atoms with Gasteiger partial charge in [-0.15, -0.1) is 0 Å². The van der Waals surface area contributed by atoms with Crippen molar-refractivity contribution in [1.29, 1.82) is 0 Å². The highest BCUT2D eigenvalue weighted by Crippen LogP contribution is 2.43. The summed E-state index contributed by atoms with van der Waals surface area (Å²) in [6, 6.07) is 23.5. The Morgan fingerprint density at radius 1 is 1.03 bits per heavy atom. The van der Waals surface area contributed by atoms with Crippen molar-refractivity contribution in [2.75, 3.05) is 4.90 Å². The third-order valence-electron chi connectivity index (χ3n) is 5.54. The number of aromatic carboxylic acids is 1. The molecule has 8 heteroatoms. The van der Waals surface area contributed by atoms with E-state index >= 15 is 0 Å². The van der Waals surface area contributed by atoms with E-state index < -0.39 is 5.97 Å². The molecule has 164 valence electrons. The minimum absolute atomic E-state index is 0.185. The van der Waals surface area contributed by atoms with Gasteiger partial charge in [0.05, 0.1) is 17.3 Å². The number of carboxylic acid groups (broad SMARTS) is 1. The van der Waals surface area contributed by atoms with Crippen LogP contribution >= 0.6 is 28.1 Å². The number of benzene rings is 2. The lowest BCUT2D eigenvalue weighted by molar-refractivity contribution is 0.0697. The van der Waals surface area contributed by atoms with E-state index in [0.717, 1.165) is 15.9 Å². The molecule has 0 amide bonds. The van der Waals surface area contributed by atoms with Crippen LogP contribution in [-0.2, 0) is 0 Å². The summed E-state index contributed by atoms with van der Waals surface area (Å²) in [4.78, 5) is 18.3. The molecule has 4 aromatic rings. The second kappa shape index (κ2) is 8.80. The first kappa shape index (κ1) is 21.4. The molecule has 0 aliphatic carbocycles. The summed E-state index contributed by atoms with van der Waals surface area (Å²) in [6.07, 6.45) is 1.75. The Morgan fingerprint density at radius 2 is 1.79 bits per heavy atom. The number of nitrogens with zero attached hydrogens (tertiary/aromatic N) is 2. The number of carbonyl (C=O) groups is 1. The summed E-state index contributed by atoms with van der Waals surface area (Å²) in [5.74, 6) is 0.127. The Morgan fingerprint density at radius 3 is 2.52 bits per heavy atom. The first-order valence-electron chi connectivity index (χ1n) is 10.2. The molecule has 2 N–H and O–H groups in total. The van der Waals surface area contributed by atoms with Gasteiger partial charge in [0.2, 0.25) is 0 Å². The van der Waals surface area contributed by atoms with Crippen molar-refractivity contribution in [3.63, 3.8) is 0 Å². The zero-order valence-corrected chi connectivity index (χ0v) is 19.6. The van der Waals surface area contributed by atoms with Gasteiger partial charge in [-0.3, -0.25) is 4.98 Å². The van der Waals surface area contributed by atoms with Crippen molar-refractivity contribution in [2.24, 2.45) is 0 Å². The first-order chi connectivity index (χ1) is 16.0. The normalized spacial score (nSPS) is 17.7. The molecule has 2 aromatic heterocycles. The van der Waals surface area contributed by atoms with Gasteiger partial charge in [-0.2, -0.15) is 0 Å². The quantitative estimate of drug-likeness (QED) is 0.314. The van der Waals surface area contributed by atoms with E-state index in [-0.39, 0.29) is 17.6 Å². The molecule has 0 bridgehead atoms. The summed E-state index contributed by atoms with van der Waals surface area (Å²) < 4.78 is 7.24. The minimum Gasteiger partial charge on any atom is -0.478 e. The number of carboxylic acids is 1. The van der Waals surface area contributed by atoms with Gasteiger partial charge in [-0.05, 0) is 66.8 Å². The number of nitrogens with one attached hydrogen (secondary N) is 1. The maximum absolute atomic E-state index is 11.7. The van der Waals surface area contributed by atoms with E-state index in [9.17, 15) is 9.90 Å². The van der Waals surface area contributed by atoms with Gasteiger partial charge >= 0.3 is 5.97 Å². The number of pyridine rings is 1. The fourth-order valence-electron chi connectivity index (χ4n) is 4.06. The average molecular weight is 520 g/mol. The Balaban J connectivity index is 1.61. The number of aromatic nitrogens is 1. The van der Waals surface area contributed by atoms with E-state index in [0.29, 0.717) is 22.2 Å². The molecule has 2 atom stereocenters. The molecule has 3 heterocycles. The molecule has 1 fully saturated rings. The Bertz CT molecular complexity index is 1320. The van der Waals surface area contributed by atoms with Crippen LogP contribution < -0.4 is 10.2 Å². The highest BCUT2D eigenvalue weighted by molar-refractivity contribution is 9.10. The summed E-state index contributed by atoms with van der Waals surface area (Å²) >= 11 is 9.20. The van der Waals surface area contributed by atoms with Crippen molar-refractivity contribution in [3.05, 3.63) is 107 Å². The van der Waals surface area contributed by atoms with Crippen molar-refractivity contribution in [1.82, 2.24) is 10.3 Å². The highest BCUT2D eigenvalue weighted by Gasteiger charge is 2.42. The zero-order valence-electron chi connectivity index (χ0n) is 17.2. The molecular formula is C25H18BrN3O3S. The van der Waals surface area contributed by atoms with Gasteiger partial charge in [0.1, 0.15) is 17.6 Å². The van der Waals surface area contributed by atoms with Crippen LogP contribution in [0.5, 0.6) is 0 Å². The van der Waals surface area contributed by atoms with E-state index in [1.807, 2.05) is 53.4 Å². The van der Waals surface area contributed by atoms with Gasteiger partial charge in [-0.25, -0.2) is 4.79 Å². The maximum Gasteiger partial charge on any atom is 0.336 e. The second-order valence-corrected chi connectivity index (χ2v) is 8.83. The molecule has 33 heavy (non-hydrogen) atoms. The van der Waals surface area contributed by atoms with E-state index in [1.165, 1.54) is 0 Å². The van der Waals surface area contributed by atoms with Crippen molar-refractivity contribution in [3.8, 4) is 11.3 Å². The van der Waals surface area contributed by atoms with Crippen LogP contribution in [0.25, 0.3) is 11.3 Å². The molecule has 0 radical (unpaired) electrons. The third-order valence-corrected chi connectivity index (χ3v) is 6.39. The molecule has 5 rings (SSSR count). The number of thiocarbonyl (C=S) groups is 1. The van der Waals surface area contributed by atoms with Gasteiger partial charge < -0.3 is 19.7 Å². The lowest BCUT2D eigenvalue weighted by atomic mass is 10.0. The van der Waals surface area contributed by atoms with Gasteiger partial charge in [0.15, 0.2) is 5.11 Å². The molecule has 0 saturated carbocycles. The van der Waals surface area contributed by atoms with Crippen LogP contribution in [0.2, 0.25) is 0 Å². The van der Waals surface area contributed by atoms with E-state index in [2.05, 4.69) is 26.2 Å². The SMILES string of the molecule is O=C(O)c1ccccc1-c1ccc([C@@H]2[C@H](c3ccccn3)NC(=S)N2c2ccc(Br)cc2)o1. The Labute approximate surface area is 204 Å². The number of anilines is 1. The number of furan rings is 1. The second-order valence-electron chi connectivity index (χ2n) is 7.53. The van der Waals surface area contributed by atoms with E-state index in [4.69, 9.17) is 16.6 Å². The monoisotopic (exact) mass is 519 g/mol. The zero-order chi connectivity index (χ0) is 22.9. The summed E-state index contributed by atoms with van der Waals surface area (Å²) in [7, 11) is 0. The molecule has 2 aromatic carbocycles. The molecule has 1 saturated heterocycles. The van der Waals surface area contributed by atoms with Gasteiger partial charge in [0.25, 0.3) is 0 Å². The lowest BCUT2D eigenvalue weighted by Crippen LogP contribution is -2.29. The van der Waals surface area contributed by atoms with Crippen LogP contribution in [0, 0.1) is 0 Å². The van der Waals surface area contributed by atoms with Crippen LogP contribution in [-0.4, -0.2) is 21.2 Å². The van der Waals surface area contributed by atoms with Crippen LogP contribution in [0.15, 0.2) is 93.9 Å². The summed E-state index contributed by atoms with van der Waals surface area (Å²) in [5, 5.41) is 13.5. The number of hydrogen-bond acceptors (Lipinski definition) is 4.